The summed E-state index contributed by atoms with van der Waals surface area (Å²) in [5, 5.41) is 3.49. The lowest BCUT2D eigenvalue weighted by atomic mass is 9.79. The Kier molecular flexibility index (Phi) is 4.93. The van der Waals surface area contributed by atoms with E-state index in [4.69, 9.17) is 21.7 Å². The molecule has 4 nitrogen and oxygen atoms in total. The summed E-state index contributed by atoms with van der Waals surface area (Å²) in [6.07, 6.45) is 5.40. The van der Waals surface area contributed by atoms with Crippen molar-refractivity contribution in [3.63, 3.8) is 0 Å². The Morgan fingerprint density at radius 3 is 2.82 bits per heavy atom. The van der Waals surface area contributed by atoms with Gasteiger partial charge >= 0.3 is 5.97 Å². The average Bonchev–Trinajstić information content (AvgIpc) is 2.31. The SMILES string of the molecule is CCOC(=S)NC1C=C[C@@](C)(C(=O)OC)CC1. The third kappa shape index (κ3) is 3.70. The first kappa shape index (κ1) is 14.0. The van der Waals surface area contributed by atoms with Crippen LogP contribution in [0.2, 0.25) is 0 Å². The van der Waals surface area contributed by atoms with E-state index in [0.717, 1.165) is 12.8 Å². The van der Waals surface area contributed by atoms with Crippen molar-refractivity contribution in [3.05, 3.63) is 12.2 Å². The summed E-state index contributed by atoms with van der Waals surface area (Å²) in [7, 11) is 1.41. The molecule has 0 radical (unpaired) electrons. The van der Waals surface area contributed by atoms with E-state index in [1.54, 1.807) is 0 Å². The molecule has 5 heteroatoms. The molecule has 96 valence electrons. The third-order valence-electron chi connectivity index (χ3n) is 2.90. The van der Waals surface area contributed by atoms with Gasteiger partial charge in [0.2, 0.25) is 0 Å². The van der Waals surface area contributed by atoms with Gasteiger partial charge < -0.3 is 14.8 Å². The van der Waals surface area contributed by atoms with E-state index in [0.29, 0.717) is 11.8 Å². The molecule has 1 aliphatic rings. The first-order chi connectivity index (χ1) is 8.01. The minimum atomic E-state index is -0.514. The van der Waals surface area contributed by atoms with E-state index in [-0.39, 0.29) is 12.0 Å². The summed E-state index contributed by atoms with van der Waals surface area (Å²) in [4.78, 5) is 11.6. The van der Waals surface area contributed by atoms with E-state index in [1.807, 2.05) is 26.0 Å². The Labute approximate surface area is 107 Å². The number of rotatable bonds is 3. The molecular formula is C12H19NO3S. The Bertz CT molecular complexity index is 330. The molecule has 0 aromatic rings. The van der Waals surface area contributed by atoms with Gasteiger partial charge in [0, 0.05) is 6.04 Å². The van der Waals surface area contributed by atoms with Crippen LogP contribution in [0.15, 0.2) is 12.2 Å². The summed E-state index contributed by atoms with van der Waals surface area (Å²) in [6.45, 7) is 4.33. The van der Waals surface area contributed by atoms with Crippen molar-refractivity contribution in [3.8, 4) is 0 Å². The van der Waals surface area contributed by atoms with E-state index >= 15 is 0 Å². The first-order valence-electron chi connectivity index (χ1n) is 5.73. The Balaban J connectivity index is 2.55. The zero-order chi connectivity index (χ0) is 12.9. The molecule has 0 bridgehead atoms. The smallest absolute Gasteiger partial charge is 0.315 e. The predicted molar refractivity (Wildman–Crippen MR) is 69.6 cm³/mol. The van der Waals surface area contributed by atoms with Gasteiger partial charge in [-0.05, 0) is 38.9 Å². The lowest BCUT2D eigenvalue weighted by Crippen LogP contribution is -2.39. The first-order valence-corrected chi connectivity index (χ1v) is 6.13. The number of carbonyl (C=O) groups is 1. The maximum Gasteiger partial charge on any atom is 0.315 e. The standard InChI is InChI=1S/C12H19NO3S/c1-4-16-11(17)13-9-5-7-12(2,8-6-9)10(14)15-3/h5,7,9H,4,6,8H2,1-3H3,(H,13,17)/t9?,12-/m1/s1. The lowest BCUT2D eigenvalue weighted by molar-refractivity contribution is -0.149. The second kappa shape index (κ2) is 6.00. The molecule has 0 heterocycles. The monoisotopic (exact) mass is 257 g/mol. The van der Waals surface area contributed by atoms with Gasteiger partial charge in [0.1, 0.15) is 0 Å². The summed E-state index contributed by atoms with van der Waals surface area (Å²) in [6, 6.07) is 0.131. The van der Waals surface area contributed by atoms with E-state index in [2.05, 4.69) is 5.32 Å². The number of esters is 1. The predicted octanol–water partition coefficient (Wildman–Crippen LogP) is 1.80. The van der Waals surface area contributed by atoms with Crippen molar-refractivity contribution >= 4 is 23.4 Å². The van der Waals surface area contributed by atoms with Crippen LogP contribution in [0.25, 0.3) is 0 Å². The van der Waals surface area contributed by atoms with Crippen molar-refractivity contribution in [2.75, 3.05) is 13.7 Å². The van der Waals surface area contributed by atoms with Crippen molar-refractivity contribution < 1.29 is 14.3 Å². The fraction of sp³-hybridized carbons (Fsp3) is 0.667. The van der Waals surface area contributed by atoms with Gasteiger partial charge in [-0.1, -0.05) is 12.2 Å². The van der Waals surface area contributed by atoms with Crippen LogP contribution in [0.3, 0.4) is 0 Å². The second-order valence-corrected chi connectivity index (χ2v) is 4.65. The zero-order valence-electron chi connectivity index (χ0n) is 10.5. The highest BCUT2D eigenvalue weighted by molar-refractivity contribution is 7.80. The van der Waals surface area contributed by atoms with Crippen LogP contribution in [0.1, 0.15) is 26.7 Å². The largest absolute Gasteiger partial charge is 0.471 e. The maximum absolute atomic E-state index is 11.6. The van der Waals surface area contributed by atoms with Crippen molar-refractivity contribution in [2.45, 2.75) is 32.7 Å². The van der Waals surface area contributed by atoms with Crippen LogP contribution in [0, 0.1) is 5.41 Å². The number of ether oxygens (including phenoxy) is 2. The molecule has 1 aliphatic carbocycles. The quantitative estimate of drug-likeness (QED) is 0.474. The minimum Gasteiger partial charge on any atom is -0.471 e. The third-order valence-corrected chi connectivity index (χ3v) is 3.14. The van der Waals surface area contributed by atoms with Crippen molar-refractivity contribution in [1.82, 2.24) is 5.32 Å². The highest BCUT2D eigenvalue weighted by atomic mass is 32.1. The molecule has 0 saturated carbocycles. The number of hydrogen-bond acceptors (Lipinski definition) is 4. The molecule has 0 amide bonds. The topological polar surface area (TPSA) is 47.6 Å². The number of thiocarbonyl (C=S) groups is 1. The van der Waals surface area contributed by atoms with Crippen LogP contribution in [-0.4, -0.2) is 30.9 Å². The molecule has 0 aromatic carbocycles. The molecule has 1 rings (SSSR count). The fourth-order valence-corrected chi connectivity index (χ4v) is 2.08. The average molecular weight is 257 g/mol. The summed E-state index contributed by atoms with van der Waals surface area (Å²) in [5.74, 6) is -0.195. The molecule has 0 saturated heterocycles. The van der Waals surface area contributed by atoms with Gasteiger partial charge in [0.25, 0.3) is 5.17 Å². The highest BCUT2D eigenvalue weighted by Crippen LogP contribution is 2.31. The minimum absolute atomic E-state index is 0.131. The van der Waals surface area contributed by atoms with Crippen molar-refractivity contribution in [1.29, 1.82) is 0 Å². The Morgan fingerprint density at radius 2 is 2.35 bits per heavy atom. The molecule has 0 aliphatic heterocycles. The number of hydrogen-bond donors (Lipinski definition) is 1. The van der Waals surface area contributed by atoms with Gasteiger partial charge in [-0.3, -0.25) is 4.79 Å². The van der Waals surface area contributed by atoms with Crippen molar-refractivity contribution in [2.24, 2.45) is 5.41 Å². The van der Waals surface area contributed by atoms with Crippen LogP contribution >= 0.6 is 12.2 Å². The highest BCUT2D eigenvalue weighted by Gasteiger charge is 2.34. The Morgan fingerprint density at radius 1 is 1.65 bits per heavy atom. The van der Waals surface area contributed by atoms with E-state index < -0.39 is 5.41 Å². The molecule has 1 unspecified atom stereocenters. The van der Waals surface area contributed by atoms with E-state index in [1.165, 1.54) is 7.11 Å². The van der Waals surface area contributed by atoms with Gasteiger partial charge in [-0.15, -0.1) is 0 Å². The molecule has 1 N–H and O–H groups in total. The second-order valence-electron chi connectivity index (χ2n) is 4.28. The summed E-state index contributed by atoms with van der Waals surface area (Å²) in [5.41, 5.74) is -0.514. The molecular weight excluding hydrogens is 238 g/mol. The number of methoxy groups -OCH3 is 1. The number of carbonyl (C=O) groups excluding carboxylic acids is 1. The van der Waals surface area contributed by atoms with Gasteiger partial charge in [-0.2, -0.15) is 0 Å². The lowest BCUT2D eigenvalue weighted by Gasteiger charge is -2.30. The molecule has 2 atom stereocenters. The van der Waals surface area contributed by atoms with Crippen LogP contribution < -0.4 is 5.32 Å². The van der Waals surface area contributed by atoms with Crippen LogP contribution in [-0.2, 0) is 14.3 Å². The summed E-state index contributed by atoms with van der Waals surface area (Å²) >= 11 is 5.01. The van der Waals surface area contributed by atoms with Gasteiger partial charge in [-0.25, -0.2) is 0 Å². The van der Waals surface area contributed by atoms with Crippen LogP contribution in [0.5, 0.6) is 0 Å². The fourth-order valence-electron chi connectivity index (χ4n) is 1.81. The molecule has 17 heavy (non-hydrogen) atoms. The molecule has 0 fully saturated rings. The maximum atomic E-state index is 11.6. The van der Waals surface area contributed by atoms with Gasteiger partial charge in [0.15, 0.2) is 0 Å². The zero-order valence-corrected chi connectivity index (χ0v) is 11.3. The molecule has 0 spiro atoms. The Hall–Kier alpha value is -1.10. The normalized spacial score (nSPS) is 27.4. The molecule has 0 aromatic heterocycles. The summed E-state index contributed by atoms with van der Waals surface area (Å²) < 4.78 is 9.95. The van der Waals surface area contributed by atoms with Crippen LogP contribution in [0.4, 0.5) is 0 Å². The van der Waals surface area contributed by atoms with Gasteiger partial charge in [0.05, 0.1) is 19.1 Å². The number of nitrogens with one attached hydrogen (secondary N) is 1. The van der Waals surface area contributed by atoms with E-state index in [9.17, 15) is 4.79 Å².